The van der Waals surface area contributed by atoms with Crippen LogP contribution in [-0.4, -0.2) is 34.3 Å². The lowest BCUT2D eigenvalue weighted by molar-refractivity contribution is -0.138. The number of carboxylic acids is 1. The van der Waals surface area contributed by atoms with Crippen LogP contribution in [0.4, 0.5) is 0 Å². The van der Waals surface area contributed by atoms with Gasteiger partial charge in [0.1, 0.15) is 6.04 Å². The summed E-state index contributed by atoms with van der Waals surface area (Å²) < 4.78 is 0. The molecule has 0 aliphatic heterocycles. The van der Waals surface area contributed by atoms with Gasteiger partial charge in [0.25, 0.3) is 0 Å². The minimum atomic E-state index is -1.26. The van der Waals surface area contributed by atoms with E-state index >= 15 is 0 Å². The van der Waals surface area contributed by atoms with Gasteiger partial charge in [0.05, 0.1) is 0 Å². The van der Waals surface area contributed by atoms with Gasteiger partial charge < -0.3 is 20.9 Å². The summed E-state index contributed by atoms with van der Waals surface area (Å²) in [5.74, 6) is -0.984. The van der Waals surface area contributed by atoms with Crippen molar-refractivity contribution in [2.45, 2.75) is 38.0 Å². The summed E-state index contributed by atoms with van der Waals surface area (Å²) in [6.07, 6.45) is 2.95. The maximum atomic E-state index is 10.3. The minimum absolute atomic E-state index is 0.336. The molecule has 0 radical (unpaired) electrons. The Morgan fingerprint density at radius 3 is 2.38 bits per heavy atom. The fourth-order valence-electron chi connectivity index (χ4n) is 0.991. The number of hydrogen-bond donors (Lipinski definition) is 4. The second-order valence-corrected chi connectivity index (χ2v) is 3.06. The van der Waals surface area contributed by atoms with E-state index < -0.39 is 19.1 Å². The molecule has 13 heavy (non-hydrogen) atoms. The molecule has 0 aliphatic carbocycles. The Morgan fingerprint density at radius 1 is 1.31 bits per heavy atom. The van der Waals surface area contributed by atoms with Gasteiger partial charge in [0.15, 0.2) is 0 Å². The predicted octanol–water partition coefficient (Wildman–Crippen LogP) is -0.569. The highest BCUT2D eigenvalue weighted by atomic mass is 16.4. The van der Waals surface area contributed by atoms with Gasteiger partial charge in [0, 0.05) is 0 Å². The Morgan fingerprint density at radius 2 is 1.92 bits per heavy atom. The van der Waals surface area contributed by atoms with Crippen molar-refractivity contribution in [2.24, 2.45) is 5.73 Å². The average molecular weight is 189 g/mol. The molecule has 0 bridgehead atoms. The Hall–Kier alpha value is -0.585. The molecular weight excluding hydrogens is 173 g/mol. The van der Waals surface area contributed by atoms with E-state index in [1.807, 2.05) is 0 Å². The molecule has 0 fully saturated rings. The Balaban J connectivity index is 3.21. The Kier molecular flexibility index (Phi) is 6.57. The van der Waals surface area contributed by atoms with Crippen molar-refractivity contribution in [1.29, 1.82) is 0 Å². The summed E-state index contributed by atoms with van der Waals surface area (Å²) in [5.41, 5.74) is 5.26. The fraction of sp³-hybridized carbons (Fsp3) is 0.857. The van der Waals surface area contributed by atoms with E-state index in [9.17, 15) is 4.79 Å². The molecule has 0 spiro atoms. The van der Waals surface area contributed by atoms with Crippen molar-refractivity contribution in [2.75, 3.05) is 0 Å². The summed E-state index contributed by atoms with van der Waals surface area (Å²) in [6, 6.07) is -0.793. The zero-order chi connectivity index (χ0) is 10.3. The zero-order valence-electron chi connectivity index (χ0n) is 7.52. The molecule has 0 saturated carbocycles. The Bertz CT molecular complexity index is 153. The number of unbranched alkanes of at least 4 members (excludes halogenated alkanes) is 2. The van der Waals surface area contributed by atoms with E-state index in [4.69, 9.17) is 20.9 Å². The van der Waals surface area contributed by atoms with Crippen molar-refractivity contribution in [1.82, 2.24) is 0 Å². The Labute approximate surface area is 77.7 Å². The summed E-state index contributed by atoms with van der Waals surface area (Å²) in [5, 5.41) is 25.4. The lowest BCUT2D eigenvalue weighted by atomic mass is 9.83. The molecule has 0 rings (SSSR count). The highest BCUT2D eigenvalue weighted by Crippen LogP contribution is 2.05. The molecule has 0 amide bonds. The van der Waals surface area contributed by atoms with Crippen LogP contribution in [0.3, 0.4) is 0 Å². The number of rotatable bonds is 7. The van der Waals surface area contributed by atoms with Gasteiger partial charge in [0.2, 0.25) is 0 Å². The first-order chi connectivity index (χ1) is 6.04. The van der Waals surface area contributed by atoms with Crippen LogP contribution in [0.15, 0.2) is 0 Å². The van der Waals surface area contributed by atoms with Gasteiger partial charge in [-0.2, -0.15) is 0 Å². The first-order valence-electron chi connectivity index (χ1n) is 4.38. The van der Waals surface area contributed by atoms with E-state index in [-0.39, 0.29) is 0 Å². The topological polar surface area (TPSA) is 104 Å². The molecule has 5 N–H and O–H groups in total. The molecule has 0 aliphatic rings. The molecule has 0 saturated heterocycles. The van der Waals surface area contributed by atoms with Crippen LogP contribution in [0.5, 0.6) is 0 Å². The van der Waals surface area contributed by atoms with Gasteiger partial charge in [-0.1, -0.05) is 19.3 Å². The monoisotopic (exact) mass is 189 g/mol. The van der Waals surface area contributed by atoms with Gasteiger partial charge in [-0.15, -0.1) is 0 Å². The third-order valence-electron chi connectivity index (χ3n) is 1.79. The largest absolute Gasteiger partial charge is 0.480 e. The van der Waals surface area contributed by atoms with Crippen LogP contribution < -0.4 is 5.73 Å². The van der Waals surface area contributed by atoms with Gasteiger partial charge in [-0.25, -0.2) is 0 Å². The smallest absolute Gasteiger partial charge is 0.451 e. The molecule has 5 nitrogen and oxygen atoms in total. The zero-order valence-corrected chi connectivity index (χ0v) is 7.52. The number of aliphatic carboxylic acids is 1. The molecular formula is C7H16BNO4. The quantitative estimate of drug-likeness (QED) is 0.317. The molecule has 1 atom stereocenters. The highest BCUT2D eigenvalue weighted by molar-refractivity contribution is 6.40. The molecule has 0 aromatic carbocycles. The second-order valence-electron chi connectivity index (χ2n) is 3.06. The van der Waals surface area contributed by atoms with Crippen molar-refractivity contribution >= 4 is 13.1 Å². The summed E-state index contributed by atoms with van der Waals surface area (Å²) in [4.78, 5) is 10.3. The van der Waals surface area contributed by atoms with E-state index in [1.165, 1.54) is 0 Å². The number of nitrogens with two attached hydrogens (primary N) is 1. The van der Waals surface area contributed by atoms with Crippen molar-refractivity contribution in [3.8, 4) is 0 Å². The van der Waals surface area contributed by atoms with E-state index in [1.54, 1.807) is 0 Å². The van der Waals surface area contributed by atoms with Gasteiger partial charge in [-0.05, 0) is 12.7 Å². The molecule has 76 valence electrons. The van der Waals surface area contributed by atoms with Crippen LogP contribution in [0.25, 0.3) is 0 Å². The summed E-state index contributed by atoms with van der Waals surface area (Å²) >= 11 is 0. The van der Waals surface area contributed by atoms with Crippen LogP contribution in [0.1, 0.15) is 25.7 Å². The van der Waals surface area contributed by atoms with E-state index in [2.05, 4.69) is 0 Å². The third kappa shape index (κ3) is 7.77. The molecule has 0 unspecified atom stereocenters. The normalized spacial score (nSPS) is 12.5. The molecule has 0 aromatic rings. The minimum Gasteiger partial charge on any atom is -0.480 e. The first-order valence-corrected chi connectivity index (χ1v) is 4.38. The summed E-state index contributed by atoms with van der Waals surface area (Å²) in [6.45, 7) is 0. The lowest BCUT2D eigenvalue weighted by Crippen LogP contribution is -2.29. The van der Waals surface area contributed by atoms with E-state index in [0.717, 1.165) is 6.42 Å². The average Bonchev–Trinajstić information content (AvgIpc) is 2.02. The molecule has 0 heterocycles. The standard InChI is InChI=1S/C7H16BNO4/c9-6(7(10)11)4-2-1-3-5-8(12)13/h6,12-13H,1-5,9H2,(H,10,11)/t6-/m0/s1. The molecule has 6 heteroatoms. The maximum Gasteiger partial charge on any atom is 0.451 e. The highest BCUT2D eigenvalue weighted by Gasteiger charge is 2.10. The van der Waals surface area contributed by atoms with Crippen LogP contribution in [0.2, 0.25) is 6.32 Å². The van der Waals surface area contributed by atoms with Gasteiger partial charge >= 0.3 is 13.1 Å². The van der Waals surface area contributed by atoms with Crippen molar-refractivity contribution in [3.05, 3.63) is 0 Å². The second kappa shape index (κ2) is 6.88. The van der Waals surface area contributed by atoms with Crippen molar-refractivity contribution in [3.63, 3.8) is 0 Å². The third-order valence-corrected chi connectivity index (χ3v) is 1.79. The van der Waals surface area contributed by atoms with Crippen LogP contribution in [0, 0.1) is 0 Å². The number of carbonyl (C=O) groups is 1. The predicted molar refractivity (Wildman–Crippen MR) is 49.1 cm³/mol. The van der Waals surface area contributed by atoms with Crippen molar-refractivity contribution < 1.29 is 19.9 Å². The number of hydrogen-bond acceptors (Lipinski definition) is 4. The van der Waals surface area contributed by atoms with Gasteiger partial charge in [-0.3, -0.25) is 4.79 Å². The SMILES string of the molecule is N[C@@H](CCCCCB(O)O)C(=O)O. The lowest BCUT2D eigenvalue weighted by Gasteiger charge is -2.05. The summed E-state index contributed by atoms with van der Waals surface area (Å²) in [7, 11) is -1.26. The van der Waals surface area contributed by atoms with Crippen LogP contribution >= 0.6 is 0 Å². The van der Waals surface area contributed by atoms with E-state index in [0.29, 0.717) is 25.6 Å². The maximum absolute atomic E-state index is 10.3. The molecule has 0 aromatic heterocycles. The first kappa shape index (κ1) is 12.4. The van der Waals surface area contributed by atoms with Crippen LogP contribution in [-0.2, 0) is 4.79 Å². The number of carboxylic acid groups (broad SMARTS) is 1. The fourth-order valence-corrected chi connectivity index (χ4v) is 0.991.